The van der Waals surface area contributed by atoms with Crippen LogP contribution in [0.5, 0.6) is 0 Å². The number of oxazole rings is 1. The minimum atomic E-state index is -0.444. The number of fused-ring (bicyclic) bond motifs is 1. The van der Waals surface area contributed by atoms with Crippen molar-refractivity contribution in [2.75, 3.05) is 18.4 Å². The highest BCUT2D eigenvalue weighted by molar-refractivity contribution is 5.77. The lowest BCUT2D eigenvalue weighted by atomic mass is 10.1. The van der Waals surface area contributed by atoms with Crippen LogP contribution in [0.15, 0.2) is 22.6 Å². The molecule has 100 valence electrons. The molecule has 0 aliphatic carbocycles. The van der Waals surface area contributed by atoms with Crippen LogP contribution in [0, 0.1) is 10.1 Å². The van der Waals surface area contributed by atoms with Gasteiger partial charge in [0, 0.05) is 18.7 Å². The molecule has 1 aromatic carbocycles. The third kappa shape index (κ3) is 2.50. The second kappa shape index (κ2) is 4.85. The Morgan fingerprint density at radius 2 is 2.42 bits per heavy atom. The number of piperidine rings is 1. The number of nitrogens with zero attached hydrogens (tertiary/aromatic N) is 2. The molecule has 2 aromatic rings. The van der Waals surface area contributed by atoms with E-state index in [0.717, 1.165) is 25.9 Å². The van der Waals surface area contributed by atoms with Crippen molar-refractivity contribution >= 4 is 22.8 Å². The summed E-state index contributed by atoms with van der Waals surface area (Å²) in [4.78, 5) is 14.5. The number of rotatable bonds is 3. The highest BCUT2D eigenvalue weighted by Gasteiger charge is 2.16. The van der Waals surface area contributed by atoms with Gasteiger partial charge in [0.25, 0.3) is 11.7 Å². The van der Waals surface area contributed by atoms with Gasteiger partial charge in [-0.1, -0.05) is 0 Å². The number of nitrogens with one attached hydrogen (secondary N) is 2. The van der Waals surface area contributed by atoms with E-state index in [1.165, 1.54) is 12.1 Å². The van der Waals surface area contributed by atoms with E-state index in [9.17, 15) is 10.1 Å². The van der Waals surface area contributed by atoms with E-state index in [2.05, 4.69) is 15.6 Å². The average Bonchev–Trinajstić information content (AvgIpc) is 2.80. The van der Waals surface area contributed by atoms with Crippen molar-refractivity contribution in [3.8, 4) is 0 Å². The van der Waals surface area contributed by atoms with Crippen molar-refractivity contribution in [1.82, 2.24) is 10.3 Å². The summed E-state index contributed by atoms with van der Waals surface area (Å²) in [5, 5.41) is 17.2. The first-order valence-electron chi connectivity index (χ1n) is 6.24. The van der Waals surface area contributed by atoms with E-state index in [1.807, 2.05) is 0 Å². The second-order valence-electron chi connectivity index (χ2n) is 4.62. The highest BCUT2D eigenvalue weighted by atomic mass is 16.6. The number of non-ortho nitro benzene ring substituents is 1. The van der Waals surface area contributed by atoms with Gasteiger partial charge in [0.15, 0.2) is 5.58 Å². The Hall–Kier alpha value is -2.15. The maximum absolute atomic E-state index is 10.7. The van der Waals surface area contributed by atoms with Crippen LogP contribution >= 0.6 is 0 Å². The topological polar surface area (TPSA) is 93.2 Å². The van der Waals surface area contributed by atoms with E-state index in [0.29, 0.717) is 17.1 Å². The van der Waals surface area contributed by atoms with Crippen LogP contribution in [0.4, 0.5) is 11.7 Å². The fourth-order valence-corrected chi connectivity index (χ4v) is 2.24. The van der Waals surface area contributed by atoms with Gasteiger partial charge in [-0.25, -0.2) is 0 Å². The molecule has 1 saturated heterocycles. The molecule has 3 rings (SSSR count). The predicted molar refractivity (Wildman–Crippen MR) is 70.2 cm³/mol. The summed E-state index contributed by atoms with van der Waals surface area (Å²) in [5.41, 5.74) is 1.06. The van der Waals surface area contributed by atoms with Crippen LogP contribution in [0.25, 0.3) is 11.1 Å². The quantitative estimate of drug-likeness (QED) is 0.648. The molecule has 2 N–H and O–H groups in total. The van der Waals surface area contributed by atoms with Crippen molar-refractivity contribution in [2.24, 2.45) is 0 Å². The molecule has 1 atom stereocenters. The number of aromatic nitrogens is 1. The van der Waals surface area contributed by atoms with E-state index in [-0.39, 0.29) is 11.7 Å². The molecule has 0 saturated carbocycles. The maximum atomic E-state index is 10.7. The molecule has 0 amide bonds. The summed E-state index contributed by atoms with van der Waals surface area (Å²) in [5.74, 6) is 0. The van der Waals surface area contributed by atoms with Gasteiger partial charge in [-0.3, -0.25) is 10.1 Å². The van der Waals surface area contributed by atoms with Gasteiger partial charge < -0.3 is 15.1 Å². The average molecular weight is 262 g/mol. The number of hydrogen-bond donors (Lipinski definition) is 2. The number of nitro groups is 1. The van der Waals surface area contributed by atoms with Gasteiger partial charge in [0.05, 0.1) is 11.0 Å². The van der Waals surface area contributed by atoms with Crippen molar-refractivity contribution in [3.05, 3.63) is 28.3 Å². The van der Waals surface area contributed by atoms with Crippen LogP contribution in [-0.2, 0) is 0 Å². The molecule has 7 nitrogen and oxygen atoms in total. The molecule has 1 aliphatic heterocycles. The van der Waals surface area contributed by atoms with Crippen LogP contribution in [0.2, 0.25) is 0 Å². The van der Waals surface area contributed by atoms with Crippen LogP contribution in [-0.4, -0.2) is 29.0 Å². The summed E-state index contributed by atoms with van der Waals surface area (Å²) < 4.78 is 5.51. The van der Waals surface area contributed by atoms with Gasteiger partial charge >= 0.3 is 0 Å². The fraction of sp³-hybridized carbons (Fsp3) is 0.417. The van der Waals surface area contributed by atoms with Crippen LogP contribution in [0.3, 0.4) is 0 Å². The van der Waals surface area contributed by atoms with E-state index < -0.39 is 4.92 Å². The van der Waals surface area contributed by atoms with Gasteiger partial charge in [-0.15, -0.1) is 0 Å². The number of hydrogen-bond acceptors (Lipinski definition) is 6. The Bertz CT molecular complexity index is 604. The fourth-order valence-electron chi connectivity index (χ4n) is 2.24. The maximum Gasteiger partial charge on any atom is 0.295 e. The summed E-state index contributed by atoms with van der Waals surface area (Å²) in [7, 11) is 0. The molecule has 0 spiro atoms. The van der Waals surface area contributed by atoms with E-state index >= 15 is 0 Å². The number of benzene rings is 1. The smallest absolute Gasteiger partial charge is 0.295 e. The SMILES string of the molecule is O=[N+]([O-])c1ccc2nc(NC3CCCNC3)oc2c1. The Kier molecular flexibility index (Phi) is 3.04. The Morgan fingerprint density at radius 3 is 3.16 bits per heavy atom. The van der Waals surface area contributed by atoms with Crippen molar-refractivity contribution < 1.29 is 9.34 Å². The zero-order valence-corrected chi connectivity index (χ0v) is 10.3. The van der Waals surface area contributed by atoms with Crippen molar-refractivity contribution in [3.63, 3.8) is 0 Å². The lowest BCUT2D eigenvalue weighted by Gasteiger charge is -2.22. The molecular weight excluding hydrogens is 248 g/mol. The Labute approximate surface area is 109 Å². The molecule has 7 heteroatoms. The largest absolute Gasteiger partial charge is 0.423 e. The first-order valence-corrected chi connectivity index (χ1v) is 6.24. The lowest BCUT2D eigenvalue weighted by Crippen LogP contribution is -2.38. The first kappa shape index (κ1) is 11.9. The molecule has 19 heavy (non-hydrogen) atoms. The summed E-state index contributed by atoms with van der Waals surface area (Å²) in [6, 6.07) is 5.13. The summed E-state index contributed by atoms with van der Waals surface area (Å²) in [6.45, 7) is 1.91. The Balaban J connectivity index is 1.82. The second-order valence-corrected chi connectivity index (χ2v) is 4.62. The molecule has 1 aromatic heterocycles. The predicted octanol–water partition coefficient (Wildman–Crippen LogP) is 1.90. The number of nitro benzene ring substituents is 1. The van der Waals surface area contributed by atoms with Gasteiger partial charge in [-0.05, 0) is 25.5 Å². The Morgan fingerprint density at radius 1 is 1.53 bits per heavy atom. The van der Waals surface area contributed by atoms with Gasteiger partial charge in [0.1, 0.15) is 5.52 Å². The zero-order chi connectivity index (χ0) is 13.2. The molecule has 0 bridgehead atoms. The molecule has 1 aliphatic rings. The zero-order valence-electron chi connectivity index (χ0n) is 10.3. The molecular formula is C12H14N4O3. The van der Waals surface area contributed by atoms with E-state index in [4.69, 9.17) is 4.42 Å². The van der Waals surface area contributed by atoms with Crippen LogP contribution < -0.4 is 10.6 Å². The summed E-state index contributed by atoms with van der Waals surface area (Å²) >= 11 is 0. The summed E-state index contributed by atoms with van der Waals surface area (Å²) in [6.07, 6.45) is 2.18. The highest BCUT2D eigenvalue weighted by Crippen LogP contribution is 2.24. The van der Waals surface area contributed by atoms with E-state index in [1.54, 1.807) is 6.07 Å². The number of anilines is 1. The van der Waals surface area contributed by atoms with Gasteiger partial charge in [0.2, 0.25) is 0 Å². The third-order valence-corrected chi connectivity index (χ3v) is 3.21. The third-order valence-electron chi connectivity index (χ3n) is 3.21. The van der Waals surface area contributed by atoms with Crippen LogP contribution in [0.1, 0.15) is 12.8 Å². The minimum absolute atomic E-state index is 0.00883. The standard InChI is InChI=1S/C12H14N4O3/c17-16(18)9-3-4-10-11(6-9)19-12(15-10)14-8-2-1-5-13-7-8/h3-4,6,8,13H,1-2,5,7H2,(H,14,15). The molecule has 2 heterocycles. The van der Waals surface area contributed by atoms with Crippen molar-refractivity contribution in [1.29, 1.82) is 0 Å². The first-order chi connectivity index (χ1) is 9.22. The van der Waals surface area contributed by atoms with Crippen molar-refractivity contribution in [2.45, 2.75) is 18.9 Å². The monoisotopic (exact) mass is 262 g/mol. The lowest BCUT2D eigenvalue weighted by molar-refractivity contribution is -0.384. The molecule has 1 fully saturated rings. The molecule has 1 unspecified atom stereocenters. The minimum Gasteiger partial charge on any atom is -0.423 e. The normalized spacial score (nSPS) is 19.5. The van der Waals surface area contributed by atoms with Gasteiger partial charge in [-0.2, -0.15) is 4.98 Å². The molecule has 0 radical (unpaired) electrons.